The number of hydrogen-bond acceptors (Lipinski definition) is 6. The first-order valence-electron chi connectivity index (χ1n) is 10.5. The van der Waals surface area contributed by atoms with E-state index in [0.717, 1.165) is 61.3 Å². The largest absolute Gasteiger partial charge is 0.376 e. The summed E-state index contributed by atoms with van der Waals surface area (Å²) in [5, 5.41) is 9.77. The van der Waals surface area contributed by atoms with E-state index in [0.29, 0.717) is 0 Å². The number of pyridine rings is 4. The first kappa shape index (κ1) is 19.1. The smallest absolute Gasteiger partial charge is 0.116 e. The number of H-pyrrole nitrogens is 2. The standard InChI is InChI=1S/C25H20N8/c1-33(2)17-7-16(10-27-11-17)21-9-19-24(14-29-21)31-32-25(19)22-8-18-20(12-28-13-23(18)30-22)15-3-5-26-6-4-15/h3-14,30H,1-2H3,(H,31,32). The second kappa shape index (κ2) is 7.52. The summed E-state index contributed by atoms with van der Waals surface area (Å²) in [7, 11) is 3.99. The molecule has 0 radical (unpaired) electrons. The molecule has 6 aromatic rings. The molecule has 2 N–H and O–H groups in total. The van der Waals surface area contributed by atoms with Crippen LogP contribution in [0, 0.1) is 0 Å². The second-order valence-corrected chi connectivity index (χ2v) is 8.08. The average Bonchev–Trinajstić information content (AvgIpc) is 3.48. The van der Waals surface area contributed by atoms with E-state index in [9.17, 15) is 0 Å². The average molecular weight is 432 g/mol. The number of anilines is 1. The third-order valence-electron chi connectivity index (χ3n) is 5.78. The van der Waals surface area contributed by atoms with Crippen molar-refractivity contribution in [3.05, 3.63) is 73.7 Å². The van der Waals surface area contributed by atoms with Gasteiger partial charge in [0.1, 0.15) is 5.69 Å². The molecule has 0 saturated heterocycles. The van der Waals surface area contributed by atoms with E-state index in [-0.39, 0.29) is 0 Å². The normalized spacial score (nSPS) is 11.3. The highest BCUT2D eigenvalue weighted by atomic mass is 15.1. The van der Waals surface area contributed by atoms with Crippen LogP contribution in [0.5, 0.6) is 0 Å². The van der Waals surface area contributed by atoms with Gasteiger partial charge < -0.3 is 9.88 Å². The molecule has 0 aliphatic rings. The molecule has 6 aromatic heterocycles. The number of aromatic amines is 2. The number of nitrogens with one attached hydrogen (secondary N) is 2. The van der Waals surface area contributed by atoms with Crippen LogP contribution in [0.3, 0.4) is 0 Å². The van der Waals surface area contributed by atoms with Crippen molar-refractivity contribution in [1.82, 2.24) is 35.1 Å². The highest BCUT2D eigenvalue weighted by Gasteiger charge is 2.15. The van der Waals surface area contributed by atoms with Gasteiger partial charge in [0.25, 0.3) is 0 Å². The van der Waals surface area contributed by atoms with Gasteiger partial charge in [0.2, 0.25) is 0 Å². The molecule has 0 spiro atoms. The molecule has 6 heterocycles. The van der Waals surface area contributed by atoms with Crippen LogP contribution in [-0.2, 0) is 0 Å². The lowest BCUT2D eigenvalue weighted by Crippen LogP contribution is -2.08. The van der Waals surface area contributed by atoms with E-state index in [1.165, 1.54) is 0 Å². The molecule has 6 rings (SSSR count). The van der Waals surface area contributed by atoms with E-state index in [1.54, 1.807) is 12.4 Å². The Labute approximate surface area is 189 Å². The summed E-state index contributed by atoms with van der Waals surface area (Å²) in [5.74, 6) is 0. The summed E-state index contributed by atoms with van der Waals surface area (Å²) in [6.07, 6.45) is 12.8. The third kappa shape index (κ3) is 3.28. The van der Waals surface area contributed by atoms with Crippen molar-refractivity contribution in [1.29, 1.82) is 0 Å². The van der Waals surface area contributed by atoms with Gasteiger partial charge in [0.05, 0.1) is 46.7 Å². The monoisotopic (exact) mass is 432 g/mol. The van der Waals surface area contributed by atoms with Crippen LogP contribution in [0.25, 0.3) is 55.6 Å². The van der Waals surface area contributed by atoms with Crippen molar-refractivity contribution in [2.45, 2.75) is 0 Å². The van der Waals surface area contributed by atoms with Crippen LogP contribution in [0.1, 0.15) is 0 Å². The molecule has 0 bridgehead atoms. The highest BCUT2D eigenvalue weighted by molar-refractivity contribution is 6.01. The first-order valence-corrected chi connectivity index (χ1v) is 10.5. The maximum atomic E-state index is 4.63. The van der Waals surface area contributed by atoms with Gasteiger partial charge in [-0.15, -0.1) is 0 Å². The van der Waals surface area contributed by atoms with Gasteiger partial charge in [-0.05, 0) is 35.9 Å². The van der Waals surface area contributed by atoms with Gasteiger partial charge in [-0.25, -0.2) is 0 Å². The maximum absolute atomic E-state index is 4.63. The Morgan fingerprint density at radius 1 is 0.758 bits per heavy atom. The van der Waals surface area contributed by atoms with Gasteiger partial charge in [-0.2, -0.15) is 5.10 Å². The van der Waals surface area contributed by atoms with E-state index < -0.39 is 0 Å². The summed E-state index contributed by atoms with van der Waals surface area (Å²) < 4.78 is 0. The SMILES string of the molecule is CN(C)c1cncc(-c2cc3c(-c4cc5c(-c6ccncc6)cncc5[nH]4)n[nH]c3cn2)c1. The molecule has 160 valence electrons. The molecule has 0 fully saturated rings. The summed E-state index contributed by atoms with van der Waals surface area (Å²) in [5.41, 5.74) is 8.51. The van der Waals surface area contributed by atoms with Crippen LogP contribution in [0.4, 0.5) is 5.69 Å². The summed E-state index contributed by atoms with van der Waals surface area (Å²) >= 11 is 0. The Balaban J connectivity index is 1.48. The van der Waals surface area contributed by atoms with E-state index in [1.807, 2.05) is 62.1 Å². The van der Waals surface area contributed by atoms with Crippen molar-refractivity contribution in [3.8, 4) is 33.8 Å². The molecule has 33 heavy (non-hydrogen) atoms. The zero-order valence-electron chi connectivity index (χ0n) is 18.1. The molecule has 0 amide bonds. The third-order valence-corrected chi connectivity index (χ3v) is 5.78. The molecular weight excluding hydrogens is 412 g/mol. The lowest BCUT2D eigenvalue weighted by atomic mass is 10.1. The predicted octanol–water partition coefficient (Wildman–Crippen LogP) is 4.69. The molecular formula is C25H20N8. The van der Waals surface area contributed by atoms with Crippen LogP contribution in [0.15, 0.2) is 73.7 Å². The van der Waals surface area contributed by atoms with E-state index >= 15 is 0 Å². The van der Waals surface area contributed by atoms with Gasteiger partial charge in [0.15, 0.2) is 0 Å². The van der Waals surface area contributed by atoms with E-state index in [2.05, 4.69) is 53.3 Å². The van der Waals surface area contributed by atoms with Gasteiger partial charge in [-0.3, -0.25) is 25.0 Å². The van der Waals surface area contributed by atoms with Crippen molar-refractivity contribution in [2.75, 3.05) is 19.0 Å². The van der Waals surface area contributed by atoms with Gasteiger partial charge in [-0.1, -0.05) is 0 Å². The molecule has 0 aromatic carbocycles. The highest BCUT2D eigenvalue weighted by Crippen LogP contribution is 2.34. The Kier molecular flexibility index (Phi) is 4.36. The molecule has 0 unspecified atom stereocenters. The van der Waals surface area contributed by atoms with Crippen molar-refractivity contribution >= 4 is 27.5 Å². The second-order valence-electron chi connectivity index (χ2n) is 8.08. The fourth-order valence-electron chi connectivity index (χ4n) is 4.03. The van der Waals surface area contributed by atoms with Crippen LogP contribution >= 0.6 is 0 Å². The molecule has 8 nitrogen and oxygen atoms in total. The fourth-order valence-corrected chi connectivity index (χ4v) is 4.03. The number of aromatic nitrogens is 7. The van der Waals surface area contributed by atoms with Crippen molar-refractivity contribution < 1.29 is 0 Å². The van der Waals surface area contributed by atoms with E-state index in [4.69, 9.17) is 0 Å². The number of hydrogen-bond donors (Lipinski definition) is 2. The minimum absolute atomic E-state index is 0.835. The Hall–Kier alpha value is -4.59. The Morgan fingerprint density at radius 3 is 2.45 bits per heavy atom. The molecule has 0 aliphatic heterocycles. The molecule has 0 atom stereocenters. The van der Waals surface area contributed by atoms with Crippen molar-refractivity contribution in [2.24, 2.45) is 0 Å². The summed E-state index contributed by atoms with van der Waals surface area (Å²) in [6.45, 7) is 0. The maximum Gasteiger partial charge on any atom is 0.116 e. The number of nitrogens with zero attached hydrogens (tertiary/aromatic N) is 6. The lowest BCUT2D eigenvalue weighted by Gasteiger charge is -2.12. The molecule has 0 aliphatic carbocycles. The lowest BCUT2D eigenvalue weighted by molar-refractivity contribution is 1.11. The molecule has 0 saturated carbocycles. The van der Waals surface area contributed by atoms with Gasteiger partial charge >= 0.3 is 0 Å². The minimum atomic E-state index is 0.835. The van der Waals surface area contributed by atoms with Crippen LogP contribution < -0.4 is 4.90 Å². The zero-order valence-corrected chi connectivity index (χ0v) is 18.1. The minimum Gasteiger partial charge on any atom is -0.376 e. The summed E-state index contributed by atoms with van der Waals surface area (Å²) in [4.78, 5) is 23.1. The quantitative estimate of drug-likeness (QED) is 0.419. The Bertz CT molecular complexity index is 1600. The Morgan fingerprint density at radius 2 is 1.61 bits per heavy atom. The zero-order chi connectivity index (χ0) is 22.4. The first-order chi connectivity index (χ1) is 16.2. The summed E-state index contributed by atoms with van der Waals surface area (Å²) in [6, 6.07) is 10.2. The predicted molar refractivity (Wildman–Crippen MR) is 130 cm³/mol. The molecule has 8 heteroatoms. The number of rotatable bonds is 4. The number of fused-ring (bicyclic) bond motifs is 2. The van der Waals surface area contributed by atoms with Crippen LogP contribution in [-0.4, -0.2) is 49.2 Å². The van der Waals surface area contributed by atoms with Gasteiger partial charge in [0, 0.05) is 60.8 Å². The fraction of sp³-hybridized carbons (Fsp3) is 0.0800. The van der Waals surface area contributed by atoms with Crippen LogP contribution in [0.2, 0.25) is 0 Å². The topological polar surface area (TPSA) is 99.3 Å². The van der Waals surface area contributed by atoms with Crippen molar-refractivity contribution in [3.63, 3.8) is 0 Å².